The first-order valence-corrected chi connectivity index (χ1v) is 3.92. The molecule has 0 aliphatic carbocycles. The predicted octanol–water partition coefficient (Wildman–Crippen LogP) is 2.28. The lowest BCUT2D eigenvalue weighted by Gasteiger charge is -2.01. The highest BCUT2D eigenvalue weighted by atomic mass is 16.5. The lowest BCUT2D eigenvalue weighted by Crippen LogP contribution is -1.94. The fourth-order valence-electron chi connectivity index (χ4n) is 0.813. The number of benzene rings is 1. The summed E-state index contributed by atoms with van der Waals surface area (Å²) in [5, 5.41) is 0. The Bertz CT molecular complexity index is 266. The number of rotatable bonds is 3. The third-order valence-corrected chi connectivity index (χ3v) is 1.36. The second-order valence-electron chi connectivity index (χ2n) is 2.26. The van der Waals surface area contributed by atoms with Crippen molar-refractivity contribution in [3.8, 4) is 17.6 Å². The fraction of sp³-hybridized carbons (Fsp3) is 0.273. The van der Waals surface area contributed by atoms with Gasteiger partial charge < -0.3 is 4.74 Å². The van der Waals surface area contributed by atoms with Gasteiger partial charge in [0, 0.05) is 6.42 Å². The molecule has 0 heterocycles. The first-order chi connectivity index (χ1) is 5.93. The smallest absolute Gasteiger partial charge is 0.119 e. The molecule has 0 N–H and O–H groups in total. The van der Waals surface area contributed by atoms with Gasteiger partial charge in [0.2, 0.25) is 0 Å². The van der Waals surface area contributed by atoms with Crippen LogP contribution in [0.4, 0.5) is 0 Å². The monoisotopic (exact) mass is 159 g/mol. The van der Waals surface area contributed by atoms with E-state index in [1.54, 1.807) is 0 Å². The summed E-state index contributed by atoms with van der Waals surface area (Å²) in [5.41, 5.74) is 0. The van der Waals surface area contributed by atoms with E-state index >= 15 is 0 Å². The number of ether oxygens (including phenoxy) is 1. The van der Waals surface area contributed by atoms with E-state index in [1.165, 1.54) is 0 Å². The van der Waals surface area contributed by atoms with E-state index in [9.17, 15) is 0 Å². The van der Waals surface area contributed by atoms with Crippen LogP contribution in [-0.4, -0.2) is 6.61 Å². The first-order valence-electron chi connectivity index (χ1n) is 3.92. The van der Waals surface area contributed by atoms with Crippen LogP contribution in [0.25, 0.3) is 0 Å². The van der Waals surface area contributed by atoms with Crippen LogP contribution in [0, 0.1) is 17.9 Å². The maximum absolute atomic E-state index is 5.39. The van der Waals surface area contributed by atoms with Crippen molar-refractivity contribution in [3.63, 3.8) is 0 Å². The normalized spacial score (nSPS) is 8.42. The molecule has 1 nitrogen and oxygen atoms in total. The Morgan fingerprint density at radius 2 is 2.17 bits per heavy atom. The van der Waals surface area contributed by atoms with E-state index in [4.69, 9.17) is 4.74 Å². The number of hydrogen-bond donors (Lipinski definition) is 0. The van der Waals surface area contributed by atoms with Crippen molar-refractivity contribution in [1.82, 2.24) is 0 Å². The summed E-state index contributed by atoms with van der Waals surface area (Å²) in [5.74, 6) is 6.63. The van der Waals surface area contributed by atoms with E-state index < -0.39 is 0 Å². The Labute approximate surface area is 73.4 Å². The Morgan fingerprint density at radius 1 is 1.42 bits per heavy atom. The second-order valence-corrected chi connectivity index (χ2v) is 2.26. The zero-order valence-electron chi connectivity index (χ0n) is 7.13. The summed E-state index contributed by atoms with van der Waals surface area (Å²) >= 11 is 0. The quantitative estimate of drug-likeness (QED) is 0.485. The van der Waals surface area contributed by atoms with Crippen LogP contribution in [0.5, 0.6) is 5.75 Å². The van der Waals surface area contributed by atoms with Crippen molar-refractivity contribution >= 4 is 0 Å². The van der Waals surface area contributed by atoms with Gasteiger partial charge in [-0.2, -0.15) is 0 Å². The molecule has 0 saturated carbocycles. The van der Waals surface area contributed by atoms with E-state index in [2.05, 4.69) is 17.9 Å². The van der Waals surface area contributed by atoms with Gasteiger partial charge in [0.25, 0.3) is 0 Å². The van der Waals surface area contributed by atoms with Gasteiger partial charge in [0.15, 0.2) is 0 Å². The molecular weight excluding hydrogens is 148 g/mol. The van der Waals surface area contributed by atoms with Gasteiger partial charge in [0.1, 0.15) is 5.75 Å². The third-order valence-electron chi connectivity index (χ3n) is 1.36. The minimum Gasteiger partial charge on any atom is -0.493 e. The lowest BCUT2D eigenvalue weighted by molar-refractivity contribution is 0.327. The predicted molar refractivity (Wildman–Crippen MR) is 48.8 cm³/mol. The summed E-state index contributed by atoms with van der Waals surface area (Å²) in [6.45, 7) is 2.49. The van der Waals surface area contributed by atoms with Crippen LogP contribution >= 0.6 is 0 Å². The van der Waals surface area contributed by atoms with Crippen molar-refractivity contribution < 1.29 is 4.74 Å². The van der Waals surface area contributed by atoms with Crippen molar-refractivity contribution in [2.75, 3.05) is 6.61 Å². The van der Waals surface area contributed by atoms with E-state index in [0.29, 0.717) is 6.61 Å². The SMILES string of the molecule is CC#CCCOc1cc[c]cc1. The van der Waals surface area contributed by atoms with Crippen LogP contribution in [-0.2, 0) is 0 Å². The summed E-state index contributed by atoms with van der Waals surface area (Å²) in [7, 11) is 0. The highest BCUT2D eigenvalue weighted by molar-refractivity contribution is 5.20. The Balaban J connectivity index is 2.27. The van der Waals surface area contributed by atoms with E-state index in [0.717, 1.165) is 12.2 Å². The van der Waals surface area contributed by atoms with Crippen LogP contribution in [0.15, 0.2) is 24.3 Å². The average molecular weight is 159 g/mol. The molecule has 1 aromatic rings. The van der Waals surface area contributed by atoms with Gasteiger partial charge in [-0.3, -0.25) is 0 Å². The third kappa shape index (κ3) is 3.12. The van der Waals surface area contributed by atoms with Gasteiger partial charge >= 0.3 is 0 Å². The van der Waals surface area contributed by atoms with E-state index in [1.807, 2.05) is 31.2 Å². The average Bonchev–Trinajstić information content (AvgIpc) is 2.14. The molecule has 0 bridgehead atoms. The van der Waals surface area contributed by atoms with Gasteiger partial charge in [-0.05, 0) is 25.1 Å². The summed E-state index contributed by atoms with van der Waals surface area (Å²) in [4.78, 5) is 0. The van der Waals surface area contributed by atoms with Gasteiger partial charge in [-0.1, -0.05) is 12.1 Å². The molecule has 0 aliphatic rings. The molecule has 0 saturated heterocycles. The highest BCUT2D eigenvalue weighted by Gasteiger charge is 1.87. The van der Waals surface area contributed by atoms with Crippen molar-refractivity contribution in [2.45, 2.75) is 13.3 Å². The maximum Gasteiger partial charge on any atom is 0.119 e. The minimum absolute atomic E-state index is 0.658. The molecule has 1 aromatic carbocycles. The highest BCUT2D eigenvalue weighted by Crippen LogP contribution is 2.07. The molecular formula is C11H11O. The molecule has 1 radical (unpaired) electrons. The molecule has 1 heteroatoms. The first kappa shape index (κ1) is 8.67. The molecule has 0 atom stereocenters. The molecule has 61 valence electrons. The molecule has 0 spiro atoms. The molecule has 0 amide bonds. The van der Waals surface area contributed by atoms with Crippen LogP contribution < -0.4 is 4.74 Å². The molecule has 0 aromatic heterocycles. The van der Waals surface area contributed by atoms with Crippen LogP contribution in [0.3, 0.4) is 0 Å². The summed E-state index contributed by atoms with van der Waals surface area (Å²) < 4.78 is 5.39. The molecule has 0 aliphatic heterocycles. The topological polar surface area (TPSA) is 9.23 Å². The largest absolute Gasteiger partial charge is 0.493 e. The Kier molecular flexibility index (Phi) is 3.80. The molecule has 0 unspecified atom stereocenters. The van der Waals surface area contributed by atoms with Crippen molar-refractivity contribution in [1.29, 1.82) is 0 Å². The standard InChI is InChI=1S/C11H11O/c1-2-3-7-10-12-11-8-5-4-6-9-11/h5-6,8-9H,7,10H2,1H3. The van der Waals surface area contributed by atoms with Gasteiger partial charge in [0.05, 0.1) is 6.61 Å². The Morgan fingerprint density at radius 3 is 2.83 bits per heavy atom. The molecule has 1 rings (SSSR count). The molecule has 0 fully saturated rings. The molecule has 12 heavy (non-hydrogen) atoms. The Hall–Kier alpha value is -1.42. The summed E-state index contributed by atoms with van der Waals surface area (Å²) in [6.07, 6.45) is 0.787. The lowest BCUT2D eigenvalue weighted by atomic mass is 10.3. The summed E-state index contributed by atoms with van der Waals surface area (Å²) in [6, 6.07) is 10.4. The van der Waals surface area contributed by atoms with E-state index in [-0.39, 0.29) is 0 Å². The number of hydrogen-bond acceptors (Lipinski definition) is 1. The van der Waals surface area contributed by atoms with Gasteiger partial charge in [-0.15, -0.1) is 11.8 Å². The maximum atomic E-state index is 5.39. The zero-order valence-corrected chi connectivity index (χ0v) is 7.13. The van der Waals surface area contributed by atoms with Crippen molar-refractivity contribution in [2.24, 2.45) is 0 Å². The van der Waals surface area contributed by atoms with Crippen LogP contribution in [0.1, 0.15) is 13.3 Å². The second kappa shape index (κ2) is 5.26. The zero-order chi connectivity index (χ0) is 8.65. The minimum atomic E-state index is 0.658. The van der Waals surface area contributed by atoms with Crippen LogP contribution in [0.2, 0.25) is 0 Å². The van der Waals surface area contributed by atoms with Gasteiger partial charge in [-0.25, -0.2) is 0 Å². The van der Waals surface area contributed by atoms with Crippen molar-refractivity contribution in [3.05, 3.63) is 30.3 Å². The fourth-order valence-corrected chi connectivity index (χ4v) is 0.813.